The maximum absolute atomic E-state index is 11.9. The molecule has 1 amide bonds. The second-order valence-electron chi connectivity index (χ2n) is 5.67. The number of rotatable bonds is 6. The molecule has 1 aromatic rings. The van der Waals surface area contributed by atoms with Gasteiger partial charge in [-0.1, -0.05) is 49.6 Å². The van der Waals surface area contributed by atoms with E-state index in [4.69, 9.17) is 0 Å². The predicted molar refractivity (Wildman–Crippen MR) is 88.5 cm³/mol. The SMILES string of the molecule is O=C(CSCCc1ccccc1)NC1CCCCCC1O. The van der Waals surface area contributed by atoms with E-state index >= 15 is 0 Å². The minimum atomic E-state index is -0.370. The molecule has 21 heavy (non-hydrogen) atoms. The summed E-state index contributed by atoms with van der Waals surface area (Å²) in [5, 5.41) is 13.0. The van der Waals surface area contributed by atoms with Crippen molar-refractivity contribution in [1.29, 1.82) is 0 Å². The molecule has 0 bridgehead atoms. The molecule has 0 aromatic heterocycles. The van der Waals surface area contributed by atoms with E-state index in [2.05, 4.69) is 17.4 Å². The van der Waals surface area contributed by atoms with Crippen molar-refractivity contribution in [1.82, 2.24) is 5.32 Å². The molecule has 2 N–H and O–H groups in total. The van der Waals surface area contributed by atoms with Gasteiger partial charge in [0.1, 0.15) is 0 Å². The highest BCUT2D eigenvalue weighted by molar-refractivity contribution is 7.99. The fourth-order valence-corrected chi connectivity index (χ4v) is 3.50. The van der Waals surface area contributed by atoms with E-state index in [0.717, 1.165) is 44.3 Å². The first-order chi connectivity index (χ1) is 10.3. The second-order valence-corrected chi connectivity index (χ2v) is 6.77. The van der Waals surface area contributed by atoms with Crippen molar-refractivity contribution in [3.8, 4) is 0 Å². The van der Waals surface area contributed by atoms with Gasteiger partial charge in [-0.15, -0.1) is 0 Å². The van der Waals surface area contributed by atoms with Crippen LogP contribution in [0.15, 0.2) is 30.3 Å². The predicted octanol–water partition coefficient (Wildman–Crippen LogP) is 2.77. The third kappa shape index (κ3) is 6.10. The number of hydrogen-bond donors (Lipinski definition) is 2. The van der Waals surface area contributed by atoms with Crippen molar-refractivity contribution in [2.24, 2.45) is 0 Å². The Morgan fingerprint density at radius 3 is 2.76 bits per heavy atom. The first kappa shape index (κ1) is 16.4. The summed E-state index contributed by atoms with van der Waals surface area (Å²) < 4.78 is 0. The van der Waals surface area contributed by atoms with E-state index in [1.807, 2.05) is 18.2 Å². The number of hydrogen-bond acceptors (Lipinski definition) is 3. The highest BCUT2D eigenvalue weighted by atomic mass is 32.2. The molecule has 0 radical (unpaired) electrons. The van der Waals surface area contributed by atoms with Gasteiger partial charge in [-0.3, -0.25) is 4.79 Å². The summed E-state index contributed by atoms with van der Waals surface area (Å²) in [7, 11) is 0. The van der Waals surface area contributed by atoms with Crippen molar-refractivity contribution in [2.45, 2.75) is 50.7 Å². The summed E-state index contributed by atoms with van der Waals surface area (Å²) in [6.45, 7) is 0. The van der Waals surface area contributed by atoms with Crippen LogP contribution in [0.4, 0.5) is 0 Å². The van der Waals surface area contributed by atoms with Crippen molar-refractivity contribution < 1.29 is 9.90 Å². The van der Waals surface area contributed by atoms with Crippen LogP contribution < -0.4 is 5.32 Å². The number of carbonyl (C=O) groups excluding carboxylic acids is 1. The second kappa shape index (κ2) is 9.11. The quantitative estimate of drug-likeness (QED) is 0.627. The number of benzene rings is 1. The summed E-state index contributed by atoms with van der Waals surface area (Å²) in [6.07, 6.45) is 5.67. The fourth-order valence-electron chi connectivity index (χ4n) is 2.70. The van der Waals surface area contributed by atoms with Crippen LogP contribution in [0.3, 0.4) is 0 Å². The molecule has 0 saturated heterocycles. The molecular formula is C17H25NO2S. The van der Waals surface area contributed by atoms with Gasteiger partial charge in [-0.25, -0.2) is 0 Å². The Hall–Kier alpha value is -1.00. The molecule has 4 heteroatoms. The van der Waals surface area contributed by atoms with Gasteiger partial charge in [-0.2, -0.15) is 11.8 Å². The lowest BCUT2D eigenvalue weighted by atomic mass is 10.1. The smallest absolute Gasteiger partial charge is 0.230 e. The number of nitrogens with one attached hydrogen (secondary N) is 1. The highest BCUT2D eigenvalue weighted by Crippen LogP contribution is 2.18. The number of thioether (sulfide) groups is 1. The molecule has 116 valence electrons. The number of amides is 1. The zero-order valence-electron chi connectivity index (χ0n) is 12.5. The average molecular weight is 307 g/mol. The summed E-state index contributed by atoms with van der Waals surface area (Å²) in [5.41, 5.74) is 1.31. The molecular weight excluding hydrogens is 282 g/mol. The van der Waals surface area contributed by atoms with Gasteiger partial charge in [0.2, 0.25) is 5.91 Å². The zero-order chi connectivity index (χ0) is 14.9. The first-order valence-electron chi connectivity index (χ1n) is 7.85. The maximum Gasteiger partial charge on any atom is 0.230 e. The van der Waals surface area contributed by atoms with E-state index in [9.17, 15) is 9.90 Å². The molecule has 1 fully saturated rings. The maximum atomic E-state index is 11.9. The largest absolute Gasteiger partial charge is 0.391 e. The third-order valence-corrected chi connectivity index (χ3v) is 4.90. The summed E-state index contributed by atoms with van der Waals surface area (Å²) in [6, 6.07) is 10.3. The first-order valence-corrected chi connectivity index (χ1v) is 9.00. The van der Waals surface area contributed by atoms with Crippen molar-refractivity contribution in [2.75, 3.05) is 11.5 Å². The topological polar surface area (TPSA) is 49.3 Å². The Morgan fingerprint density at radius 1 is 1.19 bits per heavy atom. The molecule has 0 spiro atoms. The van der Waals surface area contributed by atoms with Gasteiger partial charge in [0.05, 0.1) is 17.9 Å². The Morgan fingerprint density at radius 2 is 1.95 bits per heavy atom. The average Bonchev–Trinajstić information content (AvgIpc) is 2.70. The summed E-state index contributed by atoms with van der Waals surface area (Å²) in [5.74, 6) is 1.49. The number of carbonyl (C=O) groups is 1. The highest BCUT2D eigenvalue weighted by Gasteiger charge is 2.22. The van der Waals surface area contributed by atoms with Crippen LogP contribution in [-0.2, 0) is 11.2 Å². The van der Waals surface area contributed by atoms with E-state index < -0.39 is 0 Å². The van der Waals surface area contributed by atoms with Gasteiger partial charge in [0, 0.05) is 0 Å². The molecule has 2 atom stereocenters. The van der Waals surface area contributed by atoms with E-state index in [-0.39, 0.29) is 18.1 Å². The molecule has 1 aliphatic carbocycles. The van der Waals surface area contributed by atoms with Gasteiger partial charge < -0.3 is 10.4 Å². The van der Waals surface area contributed by atoms with E-state index in [1.165, 1.54) is 5.56 Å². The summed E-state index contributed by atoms with van der Waals surface area (Å²) >= 11 is 1.66. The number of aliphatic hydroxyl groups excluding tert-OH is 1. The van der Waals surface area contributed by atoms with Crippen LogP contribution in [0.2, 0.25) is 0 Å². The Kier molecular flexibility index (Phi) is 7.10. The van der Waals surface area contributed by atoms with Crippen LogP contribution >= 0.6 is 11.8 Å². The molecule has 0 heterocycles. The molecule has 1 aromatic carbocycles. The number of aliphatic hydroxyl groups is 1. The lowest BCUT2D eigenvalue weighted by Crippen LogP contribution is -2.43. The zero-order valence-corrected chi connectivity index (χ0v) is 13.3. The normalized spacial score (nSPS) is 22.5. The minimum Gasteiger partial charge on any atom is -0.391 e. The van der Waals surface area contributed by atoms with Crippen molar-refractivity contribution in [3.63, 3.8) is 0 Å². The van der Waals surface area contributed by atoms with Crippen LogP contribution in [0.1, 0.15) is 37.7 Å². The van der Waals surface area contributed by atoms with Gasteiger partial charge in [-0.05, 0) is 30.6 Å². The Balaban J connectivity index is 1.63. The van der Waals surface area contributed by atoms with Crippen molar-refractivity contribution in [3.05, 3.63) is 35.9 Å². The fraction of sp³-hybridized carbons (Fsp3) is 0.588. The van der Waals surface area contributed by atoms with E-state index in [0.29, 0.717) is 5.75 Å². The monoisotopic (exact) mass is 307 g/mol. The standard InChI is InChI=1S/C17H25NO2S/c19-16-10-6-2-5-9-15(16)18-17(20)13-21-12-11-14-7-3-1-4-8-14/h1,3-4,7-8,15-16,19H,2,5-6,9-13H2,(H,18,20). The van der Waals surface area contributed by atoms with Crippen LogP contribution in [0, 0.1) is 0 Å². The molecule has 0 aliphatic heterocycles. The molecule has 1 aliphatic rings. The summed E-state index contributed by atoms with van der Waals surface area (Å²) in [4.78, 5) is 11.9. The Bertz CT molecular complexity index is 424. The van der Waals surface area contributed by atoms with Crippen LogP contribution in [0.5, 0.6) is 0 Å². The van der Waals surface area contributed by atoms with Crippen LogP contribution in [0.25, 0.3) is 0 Å². The third-order valence-electron chi connectivity index (χ3n) is 3.94. The lowest BCUT2D eigenvalue weighted by molar-refractivity contribution is -0.120. The number of aryl methyl sites for hydroxylation is 1. The Labute approximate surface area is 131 Å². The molecule has 1 saturated carbocycles. The minimum absolute atomic E-state index is 0.0466. The van der Waals surface area contributed by atoms with Crippen molar-refractivity contribution >= 4 is 17.7 Å². The molecule has 2 unspecified atom stereocenters. The van der Waals surface area contributed by atoms with Crippen LogP contribution in [-0.4, -0.2) is 34.7 Å². The van der Waals surface area contributed by atoms with Gasteiger partial charge in [0.15, 0.2) is 0 Å². The van der Waals surface area contributed by atoms with Gasteiger partial charge in [0.25, 0.3) is 0 Å². The molecule has 2 rings (SSSR count). The van der Waals surface area contributed by atoms with E-state index in [1.54, 1.807) is 11.8 Å². The molecule has 3 nitrogen and oxygen atoms in total. The van der Waals surface area contributed by atoms with Gasteiger partial charge >= 0.3 is 0 Å². The lowest BCUT2D eigenvalue weighted by Gasteiger charge is -2.21.